The van der Waals surface area contributed by atoms with Gasteiger partial charge >= 0.3 is 0 Å². The highest BCUT2D eigenvalue weighted by Gasteiger charge is 2.13. The molecule has 1 aliphatic heterocycles. The number of aromatic nitrogens is 1. The Balaban J connectivity index is 1.69. The number of fused-ring (bicyclic) bond motifs is 1. The Hall–Kier alpha value is -2.76. The van der Waals surface area contributed by atoms with E-state index in [1.807, 2.05) is 24.3 Å². The van der Waals surface area contributed by atoms with Crippen molar-refractivity contribution in [3.63, 3.8) is 0 Å². The molecule has 1 aliphatic rings. The zero-order valence-corrected chi connectivity index (χ0v) is 11.6. The highest BCUT2D eigenvalue weighted by Crippen LogP contribution is 2.32. The number of amides is 1. The summed E-state index contributed by atoms with van der Waals surface area (Å²) in [6, 6.07) is 9.34. The first-order valence-corrected chi connectivity index (χ1v) is 6.57. The number of hydrogen-bond donors (Lipinski definition) is 2. The normalized spacial score (nSPS) is 12.0. The average molecular weight is 285 g/mol. The molecule has 0 aliphatic carbocycles. The van der Waals surface area contributed by atoms with Gasteiger partial charge in [0, 0.05) is 25.5 Å². The fourth-order valence-corrected chi connectivity index (χ4v) is 2.05. The largest absolute Gasteiger partial charge is 0.454 e. The highest BCUT2D eigenvalue weighted by atomic mass is 16.7. The van der Waals surface area contributed by atoms with Crippen LogP contribution in [0.1, 0.15) is 16.1 Å². The summed E-state index contributed by atoms with van der Waals surface area (Å²) in [5.74, 6) is 1.32. The standard InChI is InChI=1S/C15H15N3O3/c1-16-15(19)12-7-11(4-5-17-12)18-8-10-2-3-13-14(6-10)21-9-20-13/h2-7H,8-9H2,1H3,(H,16,19)(H,17,18). The van der Waals surface area contributed by atoms with E-state index < -0.39 is 0 Å². The van der Waals surface area contributed by atoms with Crippen LogP contribution in [-0.2, 0) is 6.54 Å². The van der Waals surface area contributed by atoms with Gasteiger partial charge in [-0.25, -0.2) is 0 Å². The number of benzene rings is 1. The Morgan fingerprint density at radius 1 is 1.24 bits per heavy atom. The van der Waals surface area contributed by atoms with E-state index in [-0.39, 0.29) is 12.7 Å². The van der Waals surface area contributed by atoms with Crippen LogP contribution >= 0.6 is 0 Å². The number of pyridine rings is 1. The van der Waals surface area contributed by atoms with Crippen molar-refractivity contribution in [2.45, 2.75) is 6.54 Å². The zero-order chi connectivity index (χ0) is 14.7. The van der Waals surface area contributed by atoms with Crippen LogP contribution in [0.15, 0.2) is 36.5 Å². The average Bonchev–Trinajstić information content (AvgIpc) is 3.00. The first-order valence-electron chi connectivity index (χ1n) is 6.57. The van der Waals surface area contributed by atoms with Crippen molar-refractivity contribution < 1.29 is 14.3 Å². The van der Waals surface area contributed by atoms with Crippen LogP contribution in [0.4, 0.5) is 5.69 Å². The third kappa shape index (κ3) is 2.89. The van der Waals surface area contributed by atoms with Gasteiger partial charge in [-0.15, -0.1) is 0 Å². The van der Waals surface area contributed by atoms with E-state index in [0.29, 0.717) is 12.2 Å². The van der Waals surface area contributed by atoms with Gasteiger partial charge in [-0.1, -0.05) is 6.07 Å². The van der Waals surface area contributed by atoms with Crippen molar-refractivity contribution in [3.05, 3.63) is 47.8 Å². The van der Waals surface area contributed by atoms with E-state index >= 15 is 0 Å². The van der Waals surface area contributed by atoms with E-state index in [1.165, 1.54) is 0 Å². The molecule has 108 valence electrons. The second-order valence-corrected chi connectivity index (χ2v) is 4.55. The number of carbonyl (C=O) groups is 1. The summed E-state index contributed by atoms with van der Waals surface area (Å²) in [4.78, 5) is 15.6. The molecule has 21 heavy (non-hydrogen) atoms. The lowest BCUT2D eigenvalue weighted by molar-refractivity contribution is 0.0958. The second kappa shape index (κ2) is 5.70. The Bertz CT molecular complexity index is 673. The van der Waals surface area contributed by atoms with Gasteiger partial charge in [0.05, 0.1) is 0 Å². The van der Waals surface area contributed by atoms with Gasteiger partial charge in [0.1, 0.15) is 5.69 Å². The molecule has 6 nitrogen and oxygen atoms in total. The van der Waals surface area contributed by atoms with Gasteiger partial charge in [0.25, 0.3) is 5.91 Å². The predicted octanol–water partition coefficient (Wildman–Crippen LogP) is 1.78. The smallest absolute Gasteiger partial charge is 0.269 e. The summed E-state index contributed by atoms with van der Waals surface area (Å²) in [6.45, 7) is 0.889. The van der Waals surface area contributed by atoms with Crippen molar-refractivity contribution in [3.8, 4) is 11.5 Å². The van der Waals surface area contributed by atoms with Crippen molar-refractivity contribution in [2.75, 3.05) is 19.2 Å². The van der Waals surface area contributed by atoms with E-state index in [4.69, 9.17) is 9.47 Å². The van der Waals surface area contributed by atoms with Crippen LogP contribution in [0, 0.1) is 0 Å². The van der Waals surface area contributed by atoms with Crippen molar-refractivity contribution in [1.29, 1.82) is 0 Å². The zero-order valence-electron chi connectivity index (χ0n) is 11.6. The van der Waals surface area contributed by atoms with Gasteiger partial charge < -0.3 is 20.1 Å². The number of hydrogen-bond acceptors (Lipinski definition) is 5. The number of ether oxygens (including phenoxy) is 2. The van der Waals surface area contributed by atoms with Crippen molar-refractivity contribution in [2.24, 2.45) is 0 Å². The maximum Gasteiger partial charge on any atom is 0.269 e. The number of carbonyl (C=O) groups excluding carboxylic acids is 1. The molecule has 0 unspecified atom stereocenters. The fraction of sp³-hybridized carbons (Fsp3) is 0.200. The third-order valence-electron chi connectivity index (χ3n) is 3.15. The summed E-state index contributed by atoms with van der Waals surface area (Å²) < 4.78 is 10.6. The number of rotatable bonds is 4. The lowest BCUT2D eigenvalue weighted by atomic mass is 10.2. The molecular formula is C15H15N3O3. The predicted molar refractivity (Wildman–Crippen MR) is 77.5 cm³/mol. The lowest BCUT2D eigenvalue weighted by Gasteiger charge is -2.08. The summed E-state index contributed by atoms with van der Waals surface area (Å²) in [7, 11) is 1.58. The molecule has 1 amide bonds. The minimum absolute atomic E-state index is 0.207. The summed E-state index contributed by atoms with van der Waals surface area (Å²) in [6.07, 6.45) is 1.60. The Kier molecular flexibility index (Phi) is 3.59. The van der Waals surface area contributed by atoms with Crippen molar-refractivity contribution >= 4 is 11.6 Å². The molecule has 0 fully saturated rings. The topological polar surface area (TPSA) is 72.5 Å². The molecule has 2 heterocycles. The van der Waals surface area contributed by atoms with Crippen LogP contribution in [0.5, 0.6) is 11.5 Å². The third-order valence-corrected chi connectivity index (χ3v) is 3.15. The molecule has 0 saturated heterocycles. The Morgan fingerprint density at radius 2 is 2.10 bits per heavy atom. The maximum absolute atomic E-state index is 11.5. The fourth-order valence-electron chi connectivity index (χ4n) is 2.05. The summed E-state index contributed by atoms with van der Waals surface area (Å²) in [5.41, 5.74) is 2.28. The molecule has 1 aromatic heterocycles. The molecule has 3 rings (SSSR count). The molecule has 0 spiro atoms. The van der Waals surface area contributed by atoms with E-state index in [2.05, 4.69) is 15.6 Å². The van der Waals surface area contributed by atoms with E-state index in [1.54, 1.807) is 19.3 Å². The molecule has 0 bridgehead atoms. The second-order valence-electron chi connectivity index (χ2n) is 4.55. The first kappa shape index (κ1) is 13.2. The summed E-state index contributed by atoms with van der Waals surface area (Å²) in [5, 5.41) is 5.81. The number of nitrogens with one attached hydrogen (secondary N) is 2. The molecule has 2 N–H and O–H groups in total. The number of nitrogens with zero attached hydrogens (tertiary/aromatic N) is 1. The monoisotopic (exact) mass is 285 g/mol. The van der Waals surface area contributed by atoms with Crippen LogP contribution < -0.4 is 20.1 Å². The highest BCUT2D eigenvalue weighted by molar-refractivity contribution is 5.92. The van der Waals surface area contributed by atoms with E-state index in [9.17, 15) is 4.79 Å². The molecule has 2 aromatic rings. The molecule has 0 atom stereocenters. The Labute approximate surface area is 122 Å². The minimum Gasteiger partial charge on any atom is -0.454 e. The van der Waals surface area contributed by atoms with Crippen LogP contribution in [0.2, 0.25) is 0 Å². The Morgan fingerprint density at radius 3 is 2.95 bits per heavy atom. The van der Waals surface area contributed by atoms with Gasteiger partial charge in [-0.3, -0.25) is 9.78 Å². The van der Waals surface area contributed by atoms with Gasteiger partial charge in [0.2, 0.25) is 6.79 Å². The van der Waals surface area contributed by atoms with Gasteiger partial charge in [-0.2, -0.15) is 0 Å². The first-order chi connectivity index (χ1) is 10.3. The van der Waals surface area contributed by atoms with Crippen molar-refractivity contribution in [1.82, 2.24) is 10.3 Å². The van der Waals surface area contributed by atoms with Crippen LogP contribution in [-0.4, -0.2) is 24.7 Å². The molecular weight excluding hydrogens is 270 g/mol. The maximum atomic E-state index is 11.5. The van der Waals surface area contributed by atoms with Crippen LogP contribution in [0.25, 0.3) is 0 Å². The number of anilines is 1. The molecule has 1 aromatic carbocycles. The van der Waals surface area contributed by atoms with Gasteiger partial charge in [-0.05, 0) is 29.8 Å². The molecule has 6 heteroatoms. The molecule has 0 saturated carbocycles. The SMILES string of the molecule is CNC(=O)c1cc(NCc2ccc3c(c2)OCO3)ccn1. The van der Waals surface area contributed by atoms with Crippen LogP contribution in [0.3, 0.4) is 0 Å². The summed E-state index contributed by atoms with van der Waals surface area (Å²) >= 11 is 0. The minimum atomic E-state index is -0.207. The van der Waals surface area contributed by atoms with E-state index in [0.717, 1.165) is 22.7 Å². The van der Waals surface area contributed by atoms with Gasteiger partial charge in [0.15, 0.2) is 11.5 Å². The lowest BCUT2D eigenvalue weighted by Crippen LogP contribution is -2.19. The quantitative estimate of drug-likeness (QED) is 0.896. The molecule has 0 radical (unpaired) electrons.